The number of carbonyl (C=O) groups is 2. The third kappa shape index (κ3) is 6.59. The van der Waals surface area contributed by atoms with E-state index in [1.54, 1.807) is 18.2 Å². The highest BCUT2D eigenvalue weighted by Crippen LogP contribution is 2.22. The van der Waals surface area contributed by atoms with Crippen molar-refractivity contribution in [2.45, 2.75) is 46.1 Å². The Bertz CT molecular complexity index is 1200. The van der Waals surface area contributed by atoms with E-state index in [0.29, 0.717) is 48.1 Å². The Hall–Kier alpha value is -3.80. The molecular formula is C27H29N3O3. The van der Waals surface area contributed by atoms with Crippen molar-refractivity contribution in [3.8, 4) is 0 Å². The molecule has 1 aromatic heterocycles. The highest BCUT2D eigenvalue weighted by molar-refractivity contribution is 5.97. The summed E-state index contributed by atoms with van der Waals surface area (Å²) in [4.78, 5) is 33.1. The van der Waals surface area contributed by atoms with E-state index in [0.717, 1.165) is 16.8 Å². The normalized spacial score (nSPS) is 11.1. The standard InChI is InChI=1S/C27H29N3O3/c1-4-7-19(3)26-23(8-5-6-9-25(31)32)29-24-16-21(14-15-22(24)30-26)27(33)28-17-20-12-10-18(2)11-13-20/h4,7,10-16H,3,5-6,8-9,17H2,1-2H3,(H,28,33)(H,31,32)/b7-4-. The summed E-state index contributed by atoms with van der Waals surface area (Å²) in [5.74, 6) is -0.982. The van der Waals surface area contributed by atoms with Crippen molar-refractivity contribution in [3.05, 3.63) is 89.3 Å². The number of unbranched alkanes of at least 4 members (excludes halogenated alkanes) is 1. The number of aliphatic carboxylic acids is 1. The van der Waals surface area contributed by atoms with Gasteiger partial charge in [-0.2, -0.15) is 0 Å². The number of benzene rings is 2. The molecule has 0 unspecified atom stereocenters. The first-order valence-electron chi connectivity index (χ1n) is 11.1. The summed E-state index contributed by atoms with van der Waals surface area (Å²) in [5, 5.41) is 11.8. The molecule has 0 aliphatic rings. The van der Waals surface area contributed by atoms with E-state index in [-0.39, 0.29) is 12.3 Å². The Morgan fingerprint density at radius 2 is 1.82 bits per heavy atom. The van der Waals surface area contributed by atoms with Crippen molar-refractivity contribution in [1.29, 1.82) is 0 Å². The molecule has 3 rings (SSSR count). The molecule has 6 heteroatoms. The van der Waals surface area contributed by atoms with E-state index >= 15 is 0 Å². The van der Waals surface area contributed by atoms with E-state index in [9.17, 15) is 9.59 Å². The fraction of sp³-hybridized carbons (Fsp3) is 0.259. The second-order valence-electron chi connectivity index (χ2n) is 8.02. The molecular weight excluding hydrogens is 414 g/mol. The number of carboxylic acids is 1. The Labute approximate surface area is 194 Å². The number of carbonyl (C=O) groups excluding carboxylic acids is 1. The van der Waals surface area contributed by atoms with Crippen LogP contribution in [0.2, 0.25) is 0 Å². The number of nitrogens with zero attached hydrogens (tertiary/aromatic N) is 2. The molecule has 0 aliphatic heterocycles. The molecule has 0 spiro atoms. The topological polar surface area (TPSA) is 92.2 Å². The lowest BCUT2D eigenvalue weighted by Crippen LogP contribution is -2.22. The zero-order valence-electron chi connectivity index (χ0n) is 19.1. The number of aromatic nitrogens is 2. The minimum atomic E-state index is -0.806. The van der Waals surface area contributed by atoms with Gasteiger partial charge in [-0.3, -0.25) is 9.59 Å². The molecule has 0 aliphatic carbocycles. The van der Waals surface area contributed by atoms with E-state index in [2.05, 4.69) is 11.9 Å². The maximum Gasteiger partial charge on any atom is 0.303 e. The van der Waals surface area contributed by atoms with Crippen LogP contribution in [-0.4, -0.2) is 27.0 Å². The first kappa shape index (κ1) is 23.9. The molecule has 170 valence electrons. The number of fused-ring (bicyclic) bond motifs is 1. The van der Waals surface area contributed by atoms with Crippen molar-refractivity contribution in [2.24, 2.45) is 0 Å². The summed E-state index contributed by atoms with van der Waals surface area (Å²) in [6.07, 6.45) is 5.72. The lowest BCUT2D eigenvalue weighted by Gasteiger charge is -2.11. The molecule has 2 N–H and O–H groups in total. The van der Waals surface area contributed by atoms with Crippen molar-refractivity contribution < 1.29 is 14.7 Å². The van der Waals surface area contributed by atoms with Crippen molar-refractivity contribution in [2.75, 3.05) is 0 Å². The van der Waals surface area contributed by atoms with Crippen LogP contribution in [0, 0.1) is 6.92 Å². The van der Waals surface area contributed by atoms with Crippen molar-refractivity contribution in [1.82, 2.24) is 15.3 Å². The zero-order chi connectivity index (χ0) is 23.8. The van der Waals surface area contributed by atoms with Gasteiger partial charge < -0.3 is 10.4 Å². The summed E-state index contributed by atoms with van der Waals surface area (Å²) in [7, 11) is 0. The predicted octanol–water partition coefficient (Wildman–Crippen LogP) is 5.25. The maximum atomic E-state index is 12.7. The van der Waals surface area contributed by atoms with Gasteiger partial charge in [0.25, 0.3) is 5.91 Å². The summed E-state index contributed by atoms with van der Waals surface area (Å²) in [6.45, 7) is 8.48. The van der Waals surface area contributed by atoms with Crippen LogP contribution < -0.4 is 5.32 Å². The Morgan fingerprint density at radius 3 is 2.52 bits per heavy atom. The molecule has 1 amide bonds. The van der Waals surface area contributed by atoms with Crippen LogP contribution in [0.5, 0.6) is 0 Å². The molecule has 0 atom stereocenters. The average Bonchev–Trinajstić information content (AvgIpc) is 2.80. The second kappa shape index (κ2) is 11.2. The van der Waals surface area contributed by atoms with Crippen LogP contribution in [0.3, 0.4) is 0 Å². The molecule has 2 aromatic carbocycles. The third-order valence-corrected chi connectivity index (χ3v) is 5.30. The fourth-order valence-corrected chi connectivity index (χ4v) is 3.50. The molecule has 0 radical (unpaired) electrons. The van der Waals surface area contributed by atoms with Crippen LogP contribution >= 0.6 is 0 Å². The monoisotopic (exact) mass is 443 g/mol. The van der Waals surface area contributed by atoms with E-state index < -0.39 is 5.97 Å². The summed E-state index contributed by atoms with van der Waals surface area (Å²) in [5.41, 5.74) is 6.24. The predicted molar refractivity (Wildman–Crippen MR) is 131 cm³/mol. The summed E-state index contributed by atoms with van der Waals surface area (Å²) < 4.78 is 0. The Kier molecular flexibility index (Phi) is 8.08. The maximum absolute atomic E-state index is 12.7. The highest BCUT2D eigenvalue weighted by atomic mass is 16.4. The van der Waals surface area contributed by atoms with Crippen molar-refractivity contribution >= 4 is 28.5 Å². The van der Waals surface area contributed by atoms with Gasteiger partial charge in [-0.25, -0.2) is 9.97 Å². The van der Waals surface area contributed by atoms with Crippen LogP contribution in [0.4, 0.5) is 0 Å². The lowest BCUT2D eigenvalue weighted by atomic mass is 10.0. The Balaban J connectivity index is 1.83. The number of aryl methyl sites for hydroxylation is 2. The fourth-order valence-electron chi connectivity index (χ4n) is 3.50. The quantitative estimate of drug-likeness (QED) is 0.330. The Morgan fingerprint density at radius 1 is 1.06 bits per heavy atom. The minimum Gasteiger partial charge on any atom is -0.481 e. The number of carboxylic acid groups (broad SMARTS) is 1. The van der Waals surface area contributed by atoms with E-state index in [1.807, 2.05) is 50.3 Å². The lowest BCUT2D eigenvalue weighted by molar-refractivity contribution is -0.137. The molecule has 0 bridgehead atoms. The van der Waals surface area contributed by atoms with Gasteiger partial charge in [-0.15, -0.1) is 0 Å². The summed E-state index contributed by atoms with van der Waals surface area (Å²) >= 11 is 0. The van der Waals surface area contributed by atoms with Gasteiger partial charge in [0.1, 0.15) is 0 Å². The SMILES string of the molecule is C=C(/C=C\C)c1nc2ccc(C(=O)NCc3ccc(C)cc3)cc2nc1CCCCC(=O)O. The highest BCUT2D eigenvalue weighted by Gasteiger charge is 2.13. The largest absolute Gasteiger partial charge is 0.481 e. The van der Waals surface area contributed by atoms with Gasteiger partial charge in [-0.1, -0.05) is 48.6 Å². The van der Waals surface area contributed by atoms with E-state index in [4.69, 9.17) is 15.1 Å². The smallest absolute Gasteiger partial charge is 0.303 e. The van der Waals surface area contributed by atoms with Crippen LogP contribution in [0.25, 0.3) is 16.6 Å². The van der Waals surface area contributed by atoms with Crippen LogP contribution in [0.15, 0.2) is 61.2 Å². The minimum absolute atomic E-state index is 0.122. The number of allylic oxidation sites excluding steroid dienone is 3. The molecule has 33 heavy (non-hydrogen) atoms. The molecule has 1 heterocycles. The average molecular weight is 444 g/mol. The first-order chi connectivity index (χ1) is 15.9. The third-order valence-electron chi connectivity index (χ3n) is 5.30. The first-order valence-corrected chi connectivity index (χ1v) is 11.1. The number of hydrogen-bond donors (Lipinski definition) is 2. The van der Waals surface area contributed by atoms with Crippen LogP contribution in [0.1, 0.15) is 59.1 Å². The van der Waals surface area contributed by atoms with E-state index in [1.165, 1.54) is 5.56 Å². The van der Waals surface area contributed by atoms with Crippen molar-refractivity contribution in [3.63, 3.8) is 0 Å². The van der Waals surface area contributed by atoms with Gasteiger partial charge in [0, 0.05) is 18.5 Å². The van der Waals surface area contributed by atoms with Gasteiger partial charge in [-0.05, 0) is 62.4 Å². The molecule has 0 saturated heterocycles. The van der Waals surface area contributed by atoms with Gasteiger partial charge in [0.15, 0.2) is 0 Å². The number of hydrogen-bond acceptors (Lipinski definition) is 4. The number of nitrogens with one attached hydrogen (secondary N) is 1. The molecule has 6 nitrogen and oxygen atoms in total. The number of amides is 1. The zero-order valence-corrected chi connectivity index (χ0v) is 19.1. The second-order valence-corrected chi connectivity index (χ2v) is 8.02. The molecule has 0 saturated carbocycles. The van der Waals surface area contributed by atoms with Crippen LogP contribution in [-0.2, 0) is 17.8 Å². The van der Waals surface area contributed by atoms with Gasteiger partial charge >= 0.3 is 5.97 Å². The summed E-state index contributed by atoms with van der Waals surface area (Å²) in [6, 6.07) is 13.3. The van der Waals surface area contributed by atoms with Gasteiger partial charge in [0.2, 0.25) is 0 Å². The molecule has 0 fully saturated rings. The molecule has 3 aromatic rings. The number of rotatable bonds is 10. The van der Waals surface area contributed by atoms with Gasteiger partial charge in [0.05, 0.1) is 22.4 Å².